The summed E-state index contributed by atoms with van der Waals surface area (Å²) < 4.78 is 35.6. The molecule has 3 rings (SSSR count). The number of hydrogen-bond donors (Lipinski definition) is 1. The van der Waals surface area contributed by atoms with Gasteiger partial charge in [-0.05, 0) is 42.3 Å². The minimum atomic E-state index is -3.31. The lowest BCUT2D eigenvalue weighted by atomic mass is 10.0. The topological polar surface area (TPSA) is 97.3 Å². The first kappa shape index (κ1) is 21.6. The Labute approximate surface area is 176 Å². The normalized spacial score (nSPS) is 14.3. The summed E-state index contributed by atoms with van der Waals surface area (Å²) >= 11 is 0. The highest BCUT2D eigenvalue weighted by Crippen LogP contribution is 2.29. The van der Waals surface area contributed by atoms with Gasteiger partial charge in [-0.1, -0.05) is 12.1 Å². The number of anilines is 1. The third-order valence-corrected chi connectivity index (χ3v) is 5.30. The fourth-order valence-electron chi connectivity index (χ4n) is 3.19. The number of benzene rings is 2. The molecule has 0 atom stereocenters. The van der Waals surface area contributed by atoms with Crippen LogP contribution in [-0.4, -0.2) is 52.1 Å². The highest BCUT2D eigenvalue weighted by molar-refractivity contribution is 7.92. The molecule has 2 aromatic carbocycles. The minimum Gasteiger partial charge on any atom is -0.493 e. The maximum atomic E-state index is 12.3. The Morgan fingerprint density at radius 2 is 1.73 bits per heavy atom. The van der Waals surface area contributed by atoms with Gasteiger partial charge in [-0.15, -0.1) is 0 Å². The van der Waals surface area contributed by atoms with Gasteiger partial charge < -0.3 is 9.47 Å². The van der Waals surface area contributed by atoms with Crippen molar-refractivity contribution in [2.75, 3.05) is 31.7 Å². The Bertz CT molecular complexity index is 1050. The van der Waals surface area contributed by atoms with Crippen LogP contribution in [0.4, 0.5) is 5.69 Å². The van der Waals surface area contributed by atoms with Crippen molar-refractivity contribution in [3.05, 3.63) is 53.6 Å². The van der Waals surface area contributed by atoms with E-state index in [1.807, 2.05) is 30.3 Å². The van der Waals surface area contributed by atoms with Gasteiger partial charge in [-0.25, -0.2) is 13.4 Å². The summed E-state index contributed by atoms with van der Waals surface area (Å²) in [6.07, 6.45) is 2.67. The molecule has 0 fully saturated rings. The lowest BCUT2D eigenvalue weighted by Gasteiger charge is -2.24. The molecule has 0 radical (unpaired) electrons. The molecule has 1 aliphatic rings. The molecule has 8 nitrogen and oxygen atoms in total. The molecule has 0 spiro atoms. The zero-order valence-corrected chi connectivity index (χ0v) is 18.0. The standard InChI is InChI=1S/C21H25N3O5S/c1-28-19-10-6-16(14-20(19)29-2)18-9-11-21(25)24(22-18)13-12-15-4-7-17(8-5-15)23-30(3,26)27/h4-8,10,14,23H,9,11-13H2,1-3H3. The van der Waals surface area contributed by atoms with E-state index in [1.165, 1.54) is 5.01 Å². The lowest BCUT2D eigenvalue weighted by Crippen LogP contribution is -2.33. The number of ether oxygens (including phenoxy) is 2. The average molecular weight is 432 g/mol. The molecular weight excluding hydrogens is 406 g/mol. The van der Waals surface area contributed by atoms with Crippen LogP contribution >= 0.6 is 0 Å². The van der Waals surface area contributed by atoms with E-state index >= 15 is 0 Å². The predicted octanol–water partition coefficient (Wildman–Crippen LogP) is 2.64. The van der Waals surface area contributed by atoms with Gasteiger partial charge in [0, 0.05) is 30.6 Å². The van der Waals surface area contributed by atoms with Gasteiger partial charge >= 0.3 is 0 Å². The van der Waals surface area contributed by atoms with E-state index in [2.05, 4.69) is 9.82 Å². The Morgan fingerprint density at radius 1 is 1.03 bits per heavy atom. The summed E-state index contributed by atoms with van der Waals surface area (Å²) in [5, 5.41) is 6.06. The van der Waals surface area contributed by atoms with Gasteiger partial charge in [0.25, 0.3) is 0 Å². The third-order valence-electron chi connectivity index (χ3n) is 4.69. The van der Waals surface area contributed by atoms with Crippen molar-refractivity contribution in [3.63, 3.8) is 0 Å². The number of methoxy groups -OCH3 is 2. The molecule has 1 amide bonds. The van der Waals surface area contributed by atoms with E-state index in [0.29, 0.717) is 43.0 Å². The van der Waals surface area contributed by atoms with Crippen LogP contribution < -0.4 is 14.2 Å². The molecule has 0 saturated heterocycles. The Hall–Kier alpha value is -3.07. The Morgan fingerprint density at radius 3 is 2.37 bits per heavy atom. The van der Waals surface area contributed by atoms with Gasteiger partial charge in [-0.3, -0.25) is 9.52 Å². The number of carbonyl (C=O) groups excluding carboxylic acids is 1. The number of carbonyl (C=O) groups is 1. The van der Waals surface area contributed by atoms with Gasteiger partial charge in [0.15, 0.2) is 11.5 Å². The molecule has 0 aliphatic carbocycles. The molecule has 0 bridgehead atoms. The largest absolute Gasteiger partial charge is 0.493 e. The fourth-order valence-corrected chi connectivity index (χ4v) is 3.75. The fraction of sp³-hybridized carbons (Fsp3) is 0.333. The molecule has 1 heterocycles. The number of nitrogens with zero attached hydrogens (tertiary/aromatic N) is 2. The summed E-state index contributed by atoms with van der Waals surface area (Å²) in [7, 11) is -0.143. The summed E-state index contributed by atoms with van der Waals surface area (Å²) in [5.41, 5.74) is 3.20. The van der Waals surface area contributed by atoms with Gasteiger partial charge in [0.05, 0.1) is 26.2 Å². The zero-order valence-electron chi connectivity index (χ0n) is 17.2. The minimum absolute atomic E-state index is 0.0189. The predicted molar refractivity (Wildman–Crippen MR) is 116 cm³/mol. The van der Waals surface area contributed by atoms with E-state index in [1.54, 1.807) is 26.4 Å². The lowest BCUT2D eigenvalue weighted by molar-refractivity contribution is -0.131. The number of hydrogen-bond acceptors (Lipinski definition) is 6. The van der Waals surface area contributed by atoms with Gasteiger partial charge in [0.2, 0.25) is 15.9 Å². The second kappa shape index (κ2) is 9.17. The molecule has 9 heteroatoms. The Balaban J connectivity index is 1.70. The zero-order chi connectivity index (χ0) is 21.7. The number of amides is 1. The van der Waals surface area contributed by atoms with Crippen LogP contribution in [0, 0.1) is 0 Å². The number of sulfonamides is 1. The first-order valence-electron chi connectivity index (χ1n) is 9.46. The quantitative estimate of drug-likeness (QED) is 0.693. The first-order valence-corrected chi connectivity index (χ1v) is 11.3. The van der Waals surface area contributed by atoms with Gasteiger partial charge in [0.1, 0.15) is 0 Å². The molecule has 0 saturated carbocycles. The second-order valence-electron chi connectivity index (χ2n) is 6.95. The van der Waals surface area contributed by atoms with Crippen molar-refractivity contribution in [2.24, 2.45) is 5.10 Å². The highest BCUT2D eigenvalue weighted by atomic mass is 32.2. The van der Waals surface area contributed by atoms with E-state index in [0.717, 1.165) is 23.1 Å². The van der Waals surface area contributed by atoms with Crippen LogP contribution in [0.5, 0.6) is 11.5 Å². The monoisotopic (exact) mass is 431 g/mol. The van der Waals surface area contributed by atoms with Crippen LogP contribution in [-0.2, 0) is 21.2 Å². The number of nitrogens with one attached hydrogen (secondary N) is 1. The van der Waals surface area contributed by atoms with Crippen molar-refractivity contribution in [3.8, 4) is 11.5 Å². The average Bonchev–Trinajstić information content (AvgIpc) is 2.72. The maximum absolute atomic E-state index is 12.3. The molecule has 0 unspecified atom stereocenters. The van der Waals surface area contributed by atoms with Crippen molar-refractivity contribution in [1.29, 1.82) is 0 Å². The SMILES string of the molecule is COc1ccc(C2=NN(CCc3ccc(NS(C)(=O)=O)cc3)C(=O)CC2)cc1OC. The third kappa shape index (κ3) is 5.50. The van der Waals surface area contributed by atoms with E-state index in [-0.39, 0.29) is 5.91 Å². The van der Waals surface area contributed by atoms with Crippen molar-refractivity contribution in [2.45, 2.75) is 19.3 Å². The molecule has 30 heavy (non-hydrogen) atoms. The second-order valence-corrected chi connectivity index (χ2v) is 8.70. The van der Waals surface area contributed by atoms with Crippen LogP contribution in [0.1, 0.15) is 24.0 Å². The van der Waals surface area contributed by atoms with Gasteiger partial charge in [-0.2, -0.15) is 5.10 Å². The van der Waals surface area contributed by atoms with E-state index in [4.69, 9.17) is 9.47 Å². The summed E-state index contributed by atoms with van der Waals surface area (Å²) in [6.45, 7) is 0.439. The molecule has 1 N–H and O–H groups in total. The molecular formula is C21H25N3O5S. The summed E-state index contributed by atoms with van der Waals surface area (Å²) in [4.78, 5) is 12.3. The Kier molecular flexibility index (Phi) is 6.61. The highest BCUT2D eigenvalue weighted by Gasteiger charge is 2.22. The van der Waals surface area contributed by atoms with Crippen molar-refractivity contribution < 1.29 is 22.7 Å². The number of rotatable bonds is 8. The van der Waals surface area contributed by atoms with E-state index in [9.17, 15) is 13.2 Å². The molecule has 2 aromatic rings. The molecule has 0 aromatic heterocycles. The molecule has 1 aliphatic heterocycles. The first-order chi connectivity index (χ1) is 14.3. The summed E-state index contributed by atoms with van der Waals surface area (Å²) in [5.74, 6) is 1.23. The van der Waals surface area contributed by atoms with Crippen LogP contribution in [0.15, 0.2) is 47.6 Å². The number of hydrazone groups is 1. The van der Waals surface area contributed by atoms with Crippen LogP contribution in [0.25, 0.3) is 0 Å². The smallest absolute Gasteiger partial charge is 0.243 e. The van der Waals surface area contributed by atoms with E-state index < -0.39 is 10.0 Å². The van der Waals surface area contributed by atoms with Crippen molar-refractivity contribution in [1.82, 2.24) is 5.01 Å². The summed E-state index contributed by atoms with van der Waals surface area (Å²) in [6, 6.07) is 12.7. The molecule has 160 valence electrons. The van der Waals surface area contributed by atoms with Crippen molar-refractivity contribution >= 4 is 27.3 Å². The van der Waals surface area contributed by atoms with Crippen LogP contribution in [0.2, 0.25) is 0 Å². The maximum Gasteiger partial charge on any atom is 0.243 e. The van der Waals surface area contributed by atoms with Crippen LogP contribution in [0.3, 0.4) is 0 Å².